The summed E-state index contributed by atoms with van der Waals surface area (Å²) < 4.78 is 4.63. The smallest absolute Gasteiger partial charge is 0.246 e. The molecule has 0 aromatic carbocycles. The van der Waals surface area contributed by atoms with Crippen LogP contribution in [-0.4, -0.2) is 38.9 Å². The van der Waals surface area contributed by atoms with Crippen molar-refractivity contribution in [2.75, 3.05) is 0 Å². The maximum Gasteiger partial charge on any atom is 0.246 e. The number of nitrogens with one attached hydrogen (secondary N) is 1. The van der Waals surface area contributed by atoms with Crippen LogP contribution in [0, 0.1) is 0 Å². The number of amides is 2. The Bertz CT molecular complexity index is 432. The lowest BCUT2D eigenvalue weighted by Crippen LogP contribution is -2.61. The standard InChI is InChI=1S/C11H16N4O3/c1-3-4-8-11(17)15(7(2)10(16)13-8)5-9-12-6-18-14-9/h6-8H,3-5H2,1-2H3,(H,13,16). The van der Waals surface area contributed by atoms with Gasteiger partial charge < -0.3 is 14.7 Å². The largest absolute Gasteiger partial charge is 0.343 e. The molecule has 0 spiro atoms. The Morgan fingerprint density at radius 3 is 2.89 bits per heavy atom. The van der Waals surface area contributed by atoms with E-state index in [1.807, 2.05) is 6.92 Å². The van der Waals surface area contributed by atoms with Gasteiger partial charge in [0.1, 0.15) is 12.1 Å². The average molecular weight is 252 g/mol. The molecule has 98 valence electrons. The number of hydrogen-bond donors (Lipinski definition) is 1. The lowest BCUT2D eigenvalue weighted by atomic mass is 10.0. The zero-order valence-corrected chi connectivity index (χ0v) is 10.4. The van der Waals surface area contributed by atoms with Crippen LogP contribution in [0.2, 0.25) is 0 Å². The summed E-state index contributed by atoms with van der Waals surface area (Å²) in [6.07, 6.45) is 2.68. The molecule has 2 rings (SSSR count). The zero-order chi connectivity index (χ0) is 13.1. The van der Waals surface area contributed by atoms with Gasteiger partial charge in [0.05, 0.1) is 6.54 Å². The second-order valence-electron chi connectivity index (χ2n) is 4.34. The van der Waals surface area contributed by atoms with Crippen molar-refractivity contribution in [1.29, 1.82) is 0 Å². The van der Waals surface area contributed by atoms with Crippen molar-refractivity contribution in [2.45, 2.75) is 45.3 Å². The lowest BCUT2D eigenvalue weighted by molar-refractivity contribution is -0.149. The van der Waals surface area contributed by atoms with Gasteiger partial charge in [0.15, 0.2) is 5.82 Å². The molecular formula is C11H16N4O3. The van der Waals surface area contributed by atoms with E-state index in [0.717, 1.165) is 6.42 Å². The van der Waals surface area contributed by atoms with Gasteiger partial charge >= 0.3 is 0 Å². The molecule has 1 N–H and O–H groups in total. The van der Waals surface area contributed by atoms with Crippen LogP contribution in [0.1, 0.15) is 32.5 Å². The van der Waals surface area contributed by atoms with Gasteiger partial charge in [0, 0.05) is 0 Å². The molecule has 1 aromatic rings. The van der Waals surface area contributed by atoms with Crippen molar-refractivity contribution < 1.29 is 14.1 Å². The molecule has 1 aliphatic rings. The Kier molecular flexibility index (Phi) is 3.59. The van der Waals surface area contributed by atoms with Crippen LogP contribution < -0.4 is 5.32 Å². The first-order valence-corrected chi connectivity index (χ1v) is 5.99. The first-order valence-electron chi connectivity index (χ1n) is 5.99. The molecule has 2 heterocycles. The third-order valence-electron chi connectivity index (χ3n) is 3.04. The van der Waals surface area contributed by atoms with Crippen LogP contribution in [0.4, 0.5) is 0 Å². The number of piperazine rings is 1. The molecule has 1 aromatic heterocycles. The highest BCUT2D eigenvalue weighted by atomic mass is 16.5. The van der Waals surface area contributed by atoms with Crippen LogP contribution in [0.15, 0.2) is 10.9 Å². The molecule has 1 fully saturated rings. The van der Waals surface area contributed by atoms with E-state index in [2.05, 4.69) is 20.0 Å². The fourth-order valence-corrected chi connectivity index (χ4v) is 2.00. The summed E-state index contributed by atoms with van der Waals surface area (Å²) in [7, 11) is 0. The summed E-state index contributed by atoms with van der Waals surface area (Å²) in [5.74, 6) is 0.172. The molecule has 0 aliphatic carbocycles. The van der Waals surface area contributed by atoms with E-state index >= 15 is 0 Å². The van der Waals surface area contributed by atoms with Crippen molar-refractivity contribution >= 4 is 11.8 Å². The van der Waals surface area contributed by atoms with Crippen LogP contribution >= 0.6 is 0 Å². The summed E-state index contributed by atoms with van der Waals surface area (Å²) in [6, 6.07) is -0.949. The minimum Gasteiger partial charge on any atom is -0.343 e. The van der Waals surface area contributed by atoms with E-state index in [0.29, 0.717) is 12.2 Å². The van der Waals surface area contributed by atoms with Crippen molar-refractivity contribution in [2.24, 2.45) is 0 Å². The Labute approximate surface area is 105 Å². The molecule has 0 saturated carbocycles. The van der Waals surface area contributed by atoms with Crippen LogP contribution in [-0.2, 0) is 16.1 Å². The maximum absolute atomic E-state index is 12.2. The van der Waals surface area contributed by atoms with Gasteiger partial charge in [0.2, 0.25) is 18.2 Å². The topological polar surface area (TPSA) is 88.3 Å². The van der Waals surface area contributed by atoms with Gasteiger partial charge in [-0.2, -0.15) is 4.98 Å². The number of rotatable bonds is 4. The molecule has 0 bridgehead atoms. The Morgan fingerprint density at radius 1 is 1.50 bits per heavy atom. The number of carbonyl (C=O) groups excluding carboxylic acids is 2. The van der Waals surface area contributed by atoms with E-state index in [4.69, 9.17) is 0 Å². The molecular weight excluding hydrogens is 236 g/mol. The van der Waals surface area contributed by atoms with Gasteiger partial charge in [0.25, 0.3) is 0 Å². The molecule has 2 amide bonds. The van der Waals surface area contributed by atoms with E-state index in [-0.39, 0.29) is 18.4 Å². The second kappa shape index (κ2) is 5.16. The molecule has 18 heavy (non-hydrogen) atoms. The number of carbonyl (C=O) groups is 2. The number of aromatic nitrogens is 2. The highest BCUT2D eigenvalue weighted by molar-refractivity contribution is 5.96. The molecule has 2 atom stereocenters. The normalized spacial score (nSPS) is 24.2. The van der Waals surface area contributed by atoms with E-state index < -0.39 is 12.1 Å². The molecule has 2 unspecified atom stereocenters. The minimum atomic E-state index is -0.510. The predicted molar refractivity (Wildman–Crippen MR) is 61.1 cm³/mol. The maximum atomic E-state index is 12.2. The summed E-state index contributed by atoms with van der Waals surface area (Å²) in [5.41, 5.74) is 0. The van der Waals surface area contributed by atoms with E-state index in [9.17, 15) is 9.59 Å². The first-order chi connectivity index (χ1) is 8.63. The van der Waals surface area contributed by atoms with E-state index in [1.54, 1.807) is 6.92 Å². The predicted octanol–water partition coefficient (Wildman–Crippen LogP) is 0.0852. The fourth-order valence-electron chi connectivity index (χ4n) is 2.00. The first kappa shape index (κ1) is 12.5. The van der Waals surface area contributed by atoms with Gasteiger partial charge in [-0.15, -0.1) is 0 Å². The summed E-state index contributed by atoms with van der Waals surface area (Å²) >= 11 is 0. The van der Waals surface area contributed by atoms with Gasteiger partial charge in [-0.1, -0.05) is 18.5 Å². The molecule has 1 saturated heterocycles. The average Bonchev–Trinajstić information content (AvgIpc) is 2.85. The second-order valence-corrected chi connectivity index (χ2v) is 4.34. The van der Waals surface area contributed by atoms with Crippen molar-refractivity contribution in [3.05, 3.63) is 12.2 Å². The third-order valence-corrected chi connectivity index (χ3v) is 3.04. The van der Waals surface area contributed by atoms with Crippen LogP contribution in [0.25, 0.3) is 0 Å². The fraction of sp³-hybridized carbons (Fsp3) is 0.636. The Morgan fingerprint density at radius 2 is 2.28 bits per heavy atom. The van der Waals surface area contributed by atoms with Gasteiger partial charge in [-0.25, -0.2) is 0 Å². The Hall–Kier alpha value is -1.92. The highest BCUT2D eigenvalue weighted by Crippen LogP contribution is 2.15. The quantitative estimate of drug-likeness (QED) is 0.820. The summed E-state index contributed by atoms with van der Waals surface area (Å²) in [6.45, 7) is 3.86. The highest BCUT2D eigenvalue weighted by Gasteiger charge is 2.37. The summed E-state index contributed by atoms with van der Waals surface area (Å²) in [5, 5.41) is 6.40. The molecule has 0 radical (unpaired) electrons. The third kappa shape index (κ3) is 2.34. The number of hydrogen-bond acceptors (Lipinski definition) is 5. The van der Waals surface area contributed by atoms with Crippen LogP contribution in [0.3, 0.4) is 0 Å². The van der Waals surface area contributed by atoms with E-state index in [1.165, 1.54) is 11.3 Å². The SMILES string of the molecule is CCCC1NC(=O)C(C)N(Cc2ncon2)C1=O. The molecule has 7 heteroatoms. The zero-order valence-electron chi connectivity index (χ0n) is 10.4. The van der Waals surface area contributed by atoms with Crippen molar-refractivity contribution in [3.8, 4) is 0 Å². The minimum absolute atomic E-state index is 0.0891. The molecule has 7 nitrogen and oxygen atoms in total. The monoisotopic (exact) mass is 252 g/mol. The lowest BCUT2D eigenvalue weighted by Gasteiger charge is -2.36. The Balaban J connectivity index is 2.14. The summed E-state index contributed by atoms with van der Waals surface area (Å²) in [4.78, 5) is 29.4. The van der Waals surface area contributed by atoms with Gasteiger partial charge in [-0.05, 0) is 13.3 Å². The van der Waals surface area contributed by atoms with Crippen molar-refractivity contribution in [1.82, 2.24) is 20.4 Å². The molecule has 1 aliphatic heterocycles. The van der Waals surface area contributed by atoms with Crippen LogP contribution in [0.5, 0.6) is 0 Å². The van der Waals surface area contributed by atoms with Gasteiger partial charge in [-0.3, -0.25) is 9.59 Å². The number of nitrogens with zero attached hydrogens (tertiary/aromatic N) is 3. The van der Waals surface area contributed by atoms with Crippen molar-refractivity contribution in [3.63, 3.8) is 0 Å².